The van der Waals surface area contributed by atoms with Crippen LogP contribution in [-0.4, -0.2) is 28.0 Å². The number of carbonyl (C=O) groups is 1. The molecule has 1 amide bonds. The Morgan fingerprint density at radius 1 is 1.54 bits per heavy atom. The van der Waals surface area contributed by atoms with Gasteiger partial charge in [0.25, 0.3) is 0 Å². The summed E-state index contributed by atoms with van der Waals surface area (Å²) in [5.41, 5.74) is 0.909. The number of nitrogens with zero attached hydrogens (tertiary/aromatic N) is 3. The largest absolute Gasteiger partial charge is 0.276 e. The van der Waals surface area contributed by atoms with Crippen molar-refractivity contribution in [2.75, 3.05) is 6.61 Å². The first-order valence-electron chi connectivity index (χ1n) is 4.03. The van der Waals surface area contributed by atoms with Gasteiger partial charge in [-0.2, -0.15) is 0 Å². The van der Waals surface area contributed by atoms with E-state index in [0.29, 0.717) is 13.0 Å². The standard InChI is InChI=1S/C8H9N3O2/c12-6-11-8(1-2-13-11)7-3-9-5-10-4-7/h3-6,8H,1-2H2/t8-/m0/s1. The van der Waals surface area contributed by atoms with E-state index in [9.17, 15) is 4.79 Å². The molecule has 0 radical (unpaired) electrons. The zero-order valence-electron chi connectivity index (χ0n) is 6.96. The van der Waals surface area contributed by atoms with E-state index in [-0.39, 0.29) is 6.04 Å². The quantitative estimate of drug-likeness (QED) is 0.613. The Bertz CT molecular complexity index is 291. The van der Waals surface area contributed by atoms with Crippen LogP contribution in [0.25, 0.3) is 0 Å². The monoisotopic (exact) mass is 179 g/mol. The number of rotatable bonds is 2. The highest BCUT2D eigenvalue weighted by Gasteiger charge is 2.26. The van der Waals surface area contributed by atoms with Gasteiger partial charge in [-0.3, -0.25) is 9.63 Å². The van der Waals surface area contributed by atoms with E-state index in [0.717, 1.165) is 12.0 Å². The molecule has 13 heavy (non-hydrogen) atoms. The Labute approximate surface area is 75.3 Å². The summed E-state index contributed by atoms with van der Waals surface area (Å²) < 4.78 is 0. The lowest BCUT2D eigenvalue weighted by Crippen LogP contribution is -2.19. The smallest absolute Gasteiger partial charge is 0.233 e. The molecule has 1 aromatic rings. The van der Waals surface area contributed by atoms with E-state index in [1.165, 1.54) is 11.4 Å². The van der Waals surface area contributed by atoms with Crippen LogP contribution in [-0.2, 0) is 9.63 Å². The van der Waals surface area contributed by atoms with Crippen LogP contribution in [0.3, 0.4) is 0 Å². The lowest BCUT2D eigenvalue weighted by Gasteiger charge is -2.16. The minimum absolute atomic E-state index is 0.0290. The van der Waals surface area contributed by atoms with Gasteiger partial charge >= 0.3 is 0 Å². The van der Waals surface area contributed by atoms with Gasteiger partial charge in [0.1, 0.15) is 6.33 Å². The second-order valence-corrected chi connectivity index (χ2v) is 2.77. The molecule has 0 unspecified atom stereocenters. The molecule has 1 atom stereocenters. The lowest BCUT2D eigenvalue weighted by molar-refractivity contribution is -0.161. The summed E-state index contributed by atoms with van der Waals surface area (Å²) in [6.07, 6.45) is 6.34. The van der Waals surface area contributed by atoms with Crippen molar-refractivity contribution < 1.29 is 9.63 Å². The van der Waals surface area contributed by atoms with Crippen LogP contribution in [0.4, 0.5) is 0 Å². The summed E-state index contributed by atoms with van der Waals surface area (Å²) >= 11 is 0. The molecule has 1 aliphatic heterocycles. The molecule has 0 N–H and O–H groups in total. The molecule has 1 aliphatic rings. The third kappa shape index (κ3) is 1.50. The van der Waals surface area contributed by atoms with Crippen LogP contribution in [0, 0.1) is 0 Å². The molecule has 5 nitrogen and oxygen atoms in total. The summed E-state index contributed by atoms with van der Waals surface area (Å²) in [5.74, 6) is 0. The number of hydrogen-bond acceptors (Lipinski definition) is 4. The molecule has 0 aliphatic carbocycles. The zero-order valence-corrected chi connectivity index (χ0v) is 6.96. The minimum Gasteiger partial charge on any atom is -0.276 e. The average molecular weight is 179 g/mol. The molecule has 68 valence electrons. The Kier molecular flexibility index (Phi) is 2.18. The maximum atomic E-state index is 10.6. The Hall–Kier alpha value is -1.49. The van der Waals surface area contributed by atoms with Gasteiger partial charge in [-0.05, 0) is 0 Å². The van der Waals surface area contributed by atoms with Crippen molar-refractivity contribution in [1.29, 1.82) is 0 Å². The van der Waals surface area contributed by atoms with E-state index < -0.39 is 0 Å². The molecule has 0 spiro atoms. The molecule has 1 saturated heterocycles. The second-order valence-electron chi connectivity index (χ2n) is 2.77. The van der Waals surface area contributed by atoms with Crippen molar-refractivity contribution in [2.45, 2.75) is 12.5 Å². The van der Waals surface area contributed by atoms with E-state index in [1.54, 1.807) is 12.4 Å². The highest BCUT2D eigenvalue weighted by Crippen LogP contribution is 2.27. The van der Waals surface area contributed by atoms with Crippen LogP contribution in [0.15, 0.2) is 18.7 Å². The number of hydrogen-bond donors (Lipinski definition) is 0. The summed E-state index contributed by atoms with van der Waals surface area (Å²) in [6.45, 7) is 0.568. The fourth-order valence-corrected chi connectivity index (χ4v) is 1.39. The van der Waals surface area contributed by atoms with Gasteiger partial charge in [-0.15, -0.1) is 0 Å². The number of amides is 1. The van der Waals surface area contributed by atoms with Crippen LogP contribution in [0.1, 0.15) is 18.0 Å². The Morgan fingerprint density at radius 2 is 2.31 bits per heavy atom. The normalized spacial score (nSPS) is 21.8. The van der Waals surface area contributed by atoms with Crippen molar-refractivity contribution in [1.82, 2.24) is 15.0 Å². The maximum absolute atomic E-state index is 10.6. The van der Waals surface area contributed by atoms with Crippen LogP contribution in [0.5, 0.6) is 0 Å². The average Bonchev–Trinajstić information content (AvgIpc) is 2.67. The molecule has 0 saturated carbocycles. The third-order valence-corrected chi connectivity index (χ3v) is 2.01. The number of aromatic nitrogens is 2. The Morgan fingerprint density at radius 3 is 3.00 bits per heavy atom. The molecule has 2 rings (SSSR count). The van der Waals surface area contributed by atoms with Gasteiger partial charge in [-0.1, -0.05) is 0 Å². The first kappa shape index (κ1) is 8.12. The van der Waals surface area contributed by atoms with Gasteiger partial charge in [-0.25, -0.2) is 15.0 Å². The van der Waals surface area contributed by atoms with Gasteiger partial charge in [0.2, 0.25) is 6.41 Å². The van der Waals surface area contributed by atoms with Gasteiger partial charge in [0.05, 0.1) is 12.6 Å². The van der Waals surface area contributed by atoms with Crippen molar-refractivity contribution in [3.8, 4) is 0 Å². The zero-order chi connectivity index (χ0) is 9.10. The highest BCUT2D eigenvalue weighted by atomic mass is 16.7. The molecule has 5 heteroatoms. The predicted octanol–water partition coefficient (Wildman–Crippen LogP) is 0.311. The first-order valence-corrected chi connectivity index (χ1v) is 4.03. The fraction of sp³-hybridized carbons (Fsp3) is 0.375. The van der Waals surface area contributed by atoms with Gasteiger partial charge in [0.15, 0.2) is 0 Å². The lowest BCUT2D eigenvalue weighted by atomic mass is 10.1. The fourth-order valence-electron chi connectivity index (χ4n) is 1.39. The third-order valence-electron chi connectivity index (χ3n) is 2.01. The molecular weight excluding hydrogens is 170 g/mol. The molecule has 0 bridgehead atoms. The van der Waals surface area contributed by atoms with Gasteiger partial charge < -0.3 is 0 Å². The van der Waals surface area contributed by atoms with E-state index >= 15 is 0 Å². The maximum Gasteiger partial charge on any atom is 0.233 e. The van der Waals surface area contributed by atoms with Crippen LogP contribution in [0.2, 0.25) is 0 Å². The van der Waals surface area contributed by atoms with E-state index in [4.69, 9.17) is 4.84 Å². The Balaban J connectivity index is 2.21. The van der Waals surface area contributed by atoms with E-state index in [1.807, 2.05) is 0 Å². The van der Waals surface area contributed by atoms with Crippen molar-refractivity contribution in [3.63, 3.8) is 0 Å². The predicted molar refractivity (Wildman–Crippen MR) is 43.2 cm³/mol. The summed E-state index contributed by atoms with van der Waals surface area (Å²) in [6, 6.07) is -0.0290. The minimum atomic E-state index is -0.0290. The topological polar surface area (TPSA) is 55.3 Å². The SMILES string of the molecule is O=CN1OCC[C@H]1c1cncnc1. The second kappa shape index (κ2) is 3.49. The van der Waals surface area contributed by atoms with Crippen molar-refractivity contribution in [2.24, 2.45) is 0 Å². The highest BCUT2D eigenvalue weighted by molar-refractivity contribution is 5.47. The number of hydroxylamine groups is 2. The first-order chi connectivity index (χ1) is 6.42. The van der Waals surface area contributed by atoms with Crippen LogP contribution >= 0.6 is 0 Å². The van der Waals surface area contributed by atoms with Gasteiger partial charge in [0, 0.05) is 24.4 Å². The molecular formula is C8H9N3O2. The molecule has 1 aromatic heterocycles. The molecule has 2 heterocycles. The van der Waals surface area contributed by atoms with Crippen LogP contribution < -0.4 is 0 Å². The van der Waals surface area contributed by atoms with E-state index in [2.05, 4.69) is 9.97 Å². The summed E-state index contributed by atoms with van der Waals surface area (Å²) in [5, 5.41) is 1.30. The van der Waals surface area contributed by atoms with Crippen molar-refractivity contribution >= 4 is 6.41 Å². The molecule has 0 aromatic carbocycles. The summed E-state index contributed by atoms with van der Waals surface area (Å²) in [4.78, 5) is 23.4. The van der Waals surface area contributed by atoms with Crippen molar-refractivity contribution in [3.05, 3.63) is 24.3 Å². The number of carbonyl (C=O) groups excluding carboxylic acids is 1. The summed E-state index contributed by atoms with van der Waals surface area (Å²) in [7, 11) is 0. The molecule has 1 fully saturated rings.